The van der Waals surface area contributed by atoms with Gasteiger partial charge >= 0.3 is 0 Å². The molecule has 1 amide bonds. The van der Waals surface area contributed by atoms with Crippen molar-refractivity contribution in [3.63, 3.8) is 0 Å². The van der Waals surface area contributed by atoms with Gasteiger partial charge in [-0.1, -0.05) is 43.1 Å². The van der Waals surface area contributed by atoms with Gasteiger partial charge in [0.15, 0.2) is 0 Å². The molecule has 1 atom stereocenters. The Hall–Kier alpha value is -0.480. The van der Waals surface area contributed by atoms with Gasteiger partial charge in [0.25, 0.3) is 0 Å². The van der Waals surface area contributed by atoms with Gasteiger partial charge in [-0.2, -0.15) is 0 Å². The van der Waals surface area contributed by atoms with E-state index < -0.39 is 0 Å². The summed E-state index contributed by atoms with van der Waals surface area (Å²) in [4.78, 5) is 15.0. The summed E-state index contributed by atoms with van der Waals surface area (Å²) >= 11 is 12.2. The van der Waals surface area contributed by atoms with E-state index in [0.29, 0.717) is 22.5 Å². The second-order valence-electron chi connectivity index (χ2n) is 6.35. The third-order valence-corrected chi connectivity index (χ3v) is 5.05. The van der Waals surface area contributed by atoms with Crippen molar-refractivity contribution >= 4 is 41.5 Å². The molecule has 24 heavy (non-hydrogen) atoms. The molecule has 1 saturated heterocycles. The van der Waals surface area contributed by atoms with Crippen LogP contribution in [0.2, 0.25) is 10.0 Å². The van der Waals surface area contributed by atoms with Crippen LogP contribution in [-0.4, -0.2) is 36.5 Å². The molecule has 1 fully saturated rings. The zero-order valence-electron chi connectivity index (χ0n) is 14.4. The van der Waals surface area contributed by atoms with Crippen molar-refractivity contribution in [2.45, 2.75) is 45.6 Å². The topological polar surface area (TPSA) is 32.3 Å². The number of carbonyl (C=O) groups excluding carboxylic acids is 1. The number of benzene rings is 1. The minimum absolute atomic E-state index is 0. The van der Waals surface area contributed by atoms with E-state index in [9.17, 15) is 4.79 Å². The Balaban J connectivity index is 0.00000288. The molecule has 1 aliphatic heterocycles. The maximum atomic E-state index is 13.0. The molecule has 0 bridgehead atoms. The summed E-state index contributed by atoms with van der Waals surface area (Å²) in [6.07, 6.45) is 3.73. The van der Waals surface area contributed by atoms with Gasteiger partial charge in [-0.3, -0.25) is 4.79 Å². The smallest absolute Gasteiger partial charge is 0.225 e. The van der Waals surface area contributed by atoms with Crippen molar-refractivity contribution in [2.24, 2.45) is 5.92 Å². The molecule has 3 nitrogen and oxygen atoms in total. The van der Waals surface area contributed by atoms with Crippen LogP contribution in [0.5, 0.6) is 0 Å². The van der Waals surface area contributed by atoms with Crippen molar-refractivity contribution in [3.05, 3.63) is 33.8 Å². The highest BCUT2D eigenvalue weighted by molar-refractivity contribution is 6.35. The van der Waals surface area contributed by atoms with E-state index in [0.717, 1.165) is 44.5 Å². The third kappa shape index (κ3) is 5.80. The number of amides is 1. The van der Waals surface area contributed by atoms with Gasteiger partial charge in [0.05, 0.1) is 0 Å². The second kappa shape index (κ2) is 10.5. The van der Waals surface area contributed by atoms with Crippen molar-refractivity contribution < 1.29 is 4.79 Å². The minimum Gasteiger partial charge on any atom is -0.339 e. The summed E-state index contributed by atoms with van der Waals surface area (Å²) in [7, 11) is 0. The number of piperidine rings is 1. The van der Waals surface area contributed by atoms with Gasteiger partial charge in [-0.25, -0.2) is 0 Å². The standard InChI is InChI=1S/C18H26Cl2N2O.ClH/c1-3-10-22(16-6-8-21-9-7-16)18(23)13(2)11-14-4-5-15(19)12-17(14)20;/h4-5,12-13,16,21H,3,6-11H2,1-2H3;1H. The predicted octanol–water partition coefficient (Wildman–Crippen LogP) is 4.58. The van der Waals surface area contributed by atoms with E-state index in [1.54, 1.807) is 6.07 Å². The Bertz CT molecular complexity index is 533. The first-order valence-electron chi connectivity index (χ1n) is 8.48. The first kappa shape index (κ1) is 21.6. The summed E-state index contributed by atoms with van der Waals surface area (Å²) in [6, 6.07) is 5.86. The molecular weight excluding hydrogens is 367 g/mol. The quantitative estimate of drug-likeness (QED) is 0.767. The van der Waals surface area contributed by atoms with Crippen LogP contribution in [0.3, 0.4) is 0 Å². The van der Waals surface area contributed by atoms with Crippen molar-refractivity contribution in [3.8, 4) is 0 Å². The Kier molecular flexibility index (Phi) is 9.43. The SMILES string of the molecule is CCCN(C(=O)C(C)Cc1ccc(Cl)cc1Cl)C1CCNCC1.Cl. The molecule has 136 valence electrons. The van der Waals surface area contributed by atoms with E-state index in [-0.39, 0.29) is 24.2 Å². The fraction of sp³-hybridized carbons (Fsp3) is 0.611. The molecule has 1 heterocycles. The van der Waals surface area contributed by atoms with Gasteiger partial charge in [0, 0.05) is 28.5 Å². The Morgan fingerprint density at radius 1 is 1.33 bits per heavy atom. The highest BCUT2D eigenvalue weighted by Crippen LogP contribution is 2.25. The fourth-order valence-electron chi connectivity index (χ4n) is 3.22. The van der Waals surface area contributed by atoms with Crippen LogP contribution in [-0.2, 0) is 11.2 Å². The van der Waals surface area contributed by atoms with Gasteiger partial charge in [0.1, 0.15) is 0 Å². The number of carbonyl (C=O) groups is 1. The van der Waals surface area contributed by atoms with Crippen LogP contribution in [0.1, 0.15) is 38.7 Å². The monoisotopic (exact) mass is 392 g/mol. The summed E-state index contributed by atoms with van der Waals surface area (Å²) in [6.45, 7) is 6.95. The number of nitrogens with one attached hydrogen (secondary N) is 1. The lowest BCUT2D eigenvalue weighted by molar-refractivity contribution is -0.138. The summed E-state index contributed by atoms with van der Waals surface area (Å²) in [5.74, 6) is 0.167. The molecule has 6 heteroatoms. The van der Waals surface area contributed by atoms with E-state index in [1.807, 2.05) is 19.1 Å². The van der Waals surface area contributed by atoms with Gasteiger partial charge in [-0.05, 0) is 56.5 Å². The summed E-state index contributed by atoms with van der Waals surface area (Å²) in [5, 5.41) is 4.63. The fourth-order valence-corrected chi connectivity index (χ4v) is 3.71. The molecule has 1 aromatic rings. The largest absolute Gasteiger partial charge is 0.339 e. The zero-order valence-corrected chi connectivity index (χ0v) is 16.7. The zero-order chi connectivity index (χ0) is 16.8. The van der Waals surface area contributed by atoms with Crippen LogP contribution in [0.25, 0.3) is 0 Å². The second-order valence-corrected chi connectivity index (χ2v) is 7.20. The molecule has 1 aromatic carbocycles. The average molecular weight is 394 g/mol. The lowest BCUT2D eigenvalue weighted by atomic mass is 9.97. The van der Waals surface area contributed by atoms with Crippen LogP contribution >= 0.6 is 35.6 Å². The molecule has 1 unspecified atom stereocenters. The maximum absolute atomic E-state index is 13.0. The van der Waals surface area contributed by atoms with E-state index in [2.05, 4.69) is 17.1 Å². The normalized spacial score (nSPS) is 16.3. The summed E-state index contributed by atoms with van der Waals surface area (Å²) in [5.41, 5.74) is 0.985. The minimum atomic E-state index is -0.0740. The molecule has 1 aliphatic rings. The Labute approximate surface area is 161 Å². The lowest BCUT2D eigenvalue weighted by Crippen LogP contribution is -2.48. The molecule has 0 spiro atoms. The third-order valence-electron chi connectivity index (χ3n) is 4.46. The molecule has 0 aromatic heterocycles. The van der Waals surface area contributed by atoms with Crippen LogP contribution < -0.4 is 5.32 Å². The van der Waals surface area contributed by atoms with E-state index >= 15 is 0 Å². The van der Waals surface area contributed by atoms with Crippen molar-refractivity contribution in [2.75, 3.05) is 19.6 Å². The molecule has 0 aliphatic carbocycles. The van der Waals surface area contributed by atoms with E-state index in [4.69, 9.17) is 23.2 Å². The number of rotatable bonds is 6. The molecule has 1 N–H and O–H groups in total. The Morgan fingerprint density at radius 3 is 2.58 bits per heavy atom. The molecular formula is C18H27Cl3N2O. The van der Waals surface area contributed by atoms with Gasteiger partial charge in [-0.15, -0.1) is 12.4 Å². The van der Waals surface area contributed by atoms with Crippen LogP contribution in [0.4, 0.5) is 0 Å². The lowest BCUT2D eigenvalue weighted by Gasteiger charge is -2.36. The molecule has 2 rings (SSSR count). The van der Waals surface area contributed by atoms with E-state index in [1.165, 1.54) is 0 Å². The first-order chi connectivity index (χ1) is 11.0. The Morgan fingerprint density at radius 2 is 2.00 bits per heavy atom. The average Bonchev–Trinajstić information content (AvgIpc) is 2.55. The van der Waals surface area contributed by atoms with Gasteiger partial charge < -0.3 is 10.2 Å². The van der Waals surface area contributed by atoms with Crippen LogP contribution in [0, 0.1) is 5.92 Å². The van der Waals surface area contributed by atoms with Crippen molar-refractivity contribution in [1.29, 1.82) is 0 Å². The van der Waals surface area contributed by atoms with Gasteiger partial charge in [0.2, 0.25) is 5.91 Å². The number of nitrogens with zero attached hydrogens (tertiary/aromatic N) is 1. The highest BCUT2D eigenvalue weighted by Gasteiger charge is 2.28. The maximum Gasteiger partial charge on any atom is 0.225 e. The van der Waals surface area contributed by atoms with Crippen molar-refractivity contribution in [1.82, 2.24) is 10.2 Å². The summed E-state index contributed by atoms with van der Waals surface area (Å²) < 4.78 is 0. The van der Waals surface area contributed by atoms with Crippen LogP contribution in [0.15, 0.2) is 18.2 Å². The number of hydrogen-bond donors (Lipinski definition) is 1. The number of hydrogen-bond acceptors (Lipinski definition) is 2. The number of halogens is 3. The first-order valence-corrected chi connectivity index (χ1v) is 9.23. The molecule has 0 saturated carbocycles. The molecule has 0 radical (unpaired) electrons. The predicted molar refractivity (Wildman–Crippen MR) is 104 cm³/mol. The highest BCUT2D eigenvalue weighted by atomic mass is 35.5.